The standard InChI is InChI=1S/C30H40O3/c1-20(31)26-11-12-28-25-10-9-22-19-23(32)13-16-29(22,2)27(25)14-17-30(26,28)15-5-7-21-6-4-8-24(18-21)33-3/h4,6,8,18-19,25-28H,5,7,9-17H2,1-3H3/t25-,26-,27+,28+,29+,30-/m1/s1. The van der Waals surface area contributed by atoms with Gasteiger partial charge in [0.2, 0.25) is 0 Å². The Morgan fingerprint density at radius 2 is 1.94 bits per heavy atom. The lowest BCUT2D eigenvalue weighted by Crippen LogP contribution is -2.52. The maximum absolute atomic E-state index is 12.8. The number of fused-ring (bicyclic) bond motifs is 5. The van der Waals surface area contributed by atoms with Crippen LogP contribution in [0, 0.1) is 34.5 Å². The fourth-order valence-corrected chi connectivity index (χ4v) is 8.91. The maximum Gasteiger partial charge on any atom is 0.155 e. The molecule has 5 rings (SSSR count). The minimum atomic E-state index is 0.188. The number of ether oxygens (including phenoxy) is 1. The van der Waals surface area contributed by atoms with Gasteiger partial charge in [-0.2, -0.15) is 0 Å². The number of Topliss-reactive ketones (excluding diaryl/α,β-unsaturated/α-hetero) is 1. The summed E-state index contributed by atoms with van der Waals surface area (Å²) in [5.74, 6) is 4.00. The van der Waals surface area contributed by atoms with Crippen LogP contribution in [0.5, 0.6) is 5.75 Å². The highest BCUT2D eigenvalue weighted by Crippen LogP contribution is 2.68. The minimum Gasteiger partial charge on any atom is -0.497 e. The number of hydrogen-bond donors (Lipinski definition) is 0. The molecule has 0 radical (unpaired) electrons. The van der Waals surface area contributed by atoms with E-state index in [1.54, 1.807) is 7.11 Å². The predicted molar refractivity (Wildman–Crippen MR) is 131 cm³/mol. The lowest BCUT2D eigenvalue weighted by molar-refractivity contribution is -0.130. The second-order valence-electron chi connectivity index (χ2n) is 11.7. The zero-order valence-corrected chi connectivity index (χ0v) is 20.7. The largest absolute Gasteiger partial charge is 0.497 e. The van der Waals surface area contributed by atoms with E-state index in [1.165, 1.54) is 43.2 Å². The van der Waals surface area contributed by atoms with Gasteiger partial charge in [0.1, 0.15) is 11.5 Å². The molecule has 1 aromatic carbocycles. The smallest absolute Gasteiger partial charge is 0.155 e. The van der Waals surface area contributed by atoms with Crippen LogP contribution in [-0.4, -0.2) is 18.7 Å². The van der Waals surface area contributed by atoms with Gasteiger partial charge < -0.3 is 4.74 Å². The number of allylic oxidation sites excluding steroid dienone is 1. The molecule has 0 aliphatic heterocycles. The molecule has 0 spiro atoms. The van der Waals surface area contributed by atoms with E-state index in [0.29, 0.717) is 23.4 Å². The highest BCUT2D eigenvalue weighted by Gasteiger charge is 2.61. The third kappa shape index (κ3) is 3.80. The Labute approximate surface area is 199 Å². The van der Waals surface area contributed by atoms with Crippen LogP contribution in [0.4, 0.5) is 0 Å². The average Bonchev–Trinajstić information content (AvgIpc) is 3.19. The Balaban J connectivity index is 1.38. The van der Waals surface area contributed by atoms with Crippen molar-refractivity contribution in [2.24, 2.45) is 34.5 Å². The summed E-state index contributed by atoms with van der Waals surface area (Å²) in [6, 6.07) is 8.44. The molecule has 0 N–H and O–H groups in total. The van der Waals surface area contributed by atoms with Crippen LogP contribution in [0.15, 0.2) is 35.9 Å². The summed E-state index contributed by atoms with van der Waals surface area (Å²) in [5.41, 5.74) is 3.16. The summed E-state index contributed by atoms with van der Waals surface area (Å²) in [4.78, 5) is 25.0. The van der Waals surface area contributed by atoms with Gasteiger partial charge in [0, 0.05) is 12.3 Å². The summed E-state index contributed by atoms with van der Waals surface area (Å²) in [6.07, 6.45) is 14.1. The van der Waals surface area contributed by atoms with Crippen molar-refractivity contribution < 1.29 is 14.3 Å². The molecule has 0 amide bonds. The second kappa shape index (κ2) is 8.71. The lowest BCUT2D eigenvalue weighted by atomic mass is 9.45. The number of aryl methyl sites for hydroxylation is 1. The van der Waals surface area contributed by atoms with Crippen molar-refractivity contribution in [1.82, 2.24) is 0 Å². The highest BCUT2D eigenvalue weighted by molar-refractivity contribution is 5.91. The Bertz CT molecular complexity index is 961. The van der Waals surface area contributed by atoms with E-state index in [2.05, 4.69) is 25.1 Å². The minimum absolute atomic E-state index is 0.188. The molecule has 33 heavy (non-hydrogen) atoms. The average molecular weight is 449 g/mol. The molecule has 0 bridgehead atoms. The fraction of sp³-hybridized carbons (Fsp3) is 0.667. The first-order valence-corrected chi connectivity index (χ1v) is 13.2. The number of ketones is 2. The molecule has 4 aliphatic carbocycles. The van der Waals surface area contributed by atoms with Gasteiger partial charge in [0.05, 0.1) is 7.11 Å². The van der Waals surface area contributed by atoms with Gasteiger partial charge in [-0.15, -0.1) is 0 Å². The fourth-order valence-electron chi connectivity index (χ4n) is 8.91. The molecule has 3 nitrogen and oxygen atoms in total. The van der Waals surface area contributed by atoms with Crippen LogP contribution in [0.1, 0.15) is 83.6 Å². The van der Waals surface area contributed by atoms with Gasteiger partial charge in [0.25, 0.3) is 0 Å². The van der Waals surface area contributed by atoms with E-state index in [0.717, 1.165) is 50.2 Å². The van der Waals surface area contributed by atoms with Crippen molar-refractivity contribution in [1.29, 1.82) is 0 Å². The number of methoxy groups -OCH3 is 1. The van der Waals surface area contributed by atoms with Gasteiger partial charge in [-0.05, 0) is 123 Å². The number of hydrogen-bond acceptors (Lipinski definition) is 3. The molecule has 3 fully saturated rings. The Morgan fingerprint density at radius 1 is 1.09 bits per heavy atom. The van der Waals surface area contributed by atoms with Gasteiger partial charge in [-0.3, -0.25) is 9.59 Å². The normalized spacial score (nSPS) is 37.5. The summed E-state index contributed by atoms with van der Waals surface area (Å²) < 4.78 is 5.42. The number of rotatable bonds is 6. The summed E-state index contributed by atoms with van der Waals surface area (Å²) >= 11 is 0. The Kier molecular flexibility index (Phi) is 6.04. The quantitative estimate of drug-likeness (QED) is 0.484. The van der Waals surface area contributed by atoms with Crippen LogP contribution in [0.2, 0.25) is 0 Å². The number of carbonyl (C=O) groups excluding carboxylic acids is 2. The molecule has 3 heteroatoms. The van der Waals surface area contributed by atoms with Crippen molar-refractivity contribution in [3.63, 3.8) is 0 Å². The van der Waals surface area contributed by atoms with Gasteiger partial charge in [0.15, 0.2) is 5.78 Å². The van der Waals surface area contributed by atoms with E-state index < -0.39 is 0 Å². The highest BCUT2D eigenvalue weighted by atomic mass is 16.5. The number of benzene rings is 1. The topological polar surface area (TPSA) is 43.4 Å². The Morgan fingerprint density at radius 3 is 2.73 bits per heavy atom. The molecule has 1 aromatic rings. The van der Waals surface area contributed by atoms with E-state index >= 15 is 0 Å². The van der Waals surface area contributed by atoms with Crippen LogP contribution < -0.4 is 4.74 Å². The molecule has 0 unspecified atom stereocenters. The van der Waals surface area contributed by atoms with E-state index in [9.17, 15) is 9.59 Å². The van der Waals surface area contributed by atoms with Crippen molar-refractivity contribution in [2.45, 2.75) is 84.5 Å². The van der Waals surface area contributed by atoms with Crippen LogP contribution in [0.25, 0.3) is 0 Å². The SMILES string of the molecule is COc1cccc(CCC[C@]23CC[C@H]4[C@@H](CCC5=CC(=O)CC[C@@]54C)[C@@H]2CC[C@@H]3C(C)=O)c1. The lowest BCUT2D eigenvalue weighted by Gasteiger charge is -2.59. The van der Waals surface area contributed by atoms with Crippen LogP contribution in [-0.2, 0) is 16.0 Å². The van der Waals surface area contributed by atoms with Crippen molar-refractivity contribution >= 4 is 11.6 Å². The Hall–Kier alpha value is -1.90. The van der Waals surface area contributed by atoms with Crippen molar-refractivity contribution in [2.75, 3.05) is 7.11 Å². The third-order valence-corrected chi connectivity index (χ3v) is 10.4. The van der Waals surface area contributed by atoms with E-state index in [1.807, 2.05) is 19.1 Å². The molecule has 3 saturated carbocycles. The third-order valence-electron chi connectivity index (χ3n) is 10.4. The van der Waals surface area contributed by atoms with Gasteiger partial charge in [-0.1, -0.05) is 24.6 Å². The zero-order chi connectivity index (χ0) is 23.2. The van der Waals surface area contributed by atoms with Gasteiger partial charge in [-0.25, -0.2) is 0 Å². The monoisotopic (exact) mass is 448 g/mol. The molecular formula is C30H40O3. The van der Waals surface area contributed by atoms with Crippen LogP contribution >= 0.6 is 0 Å². The summed E-state index contributed by atoms with van der Waals surface area (Å²) in [5, 5.41) is 0. The first-order valence-electron chi connectivity index (χ1n) is 13.2. The summed E-state index contributed by atoms with van der Waals surface area (Å²) in [6.45, 7) is 4.30. The first-order chi connectivity index (χ1) is 15.9. The molecule has 6 atom stereocenters. The zero-order valence-electron chi connectivity index (χ0n) is 20.7. The van der Waals surface area contributed by atoms with Gasteiger partial charge >= 0.3 is 0 Å². The van der Waals surface area contributed by atoms with Crippen molar-refractivity contribution in [3.8, 4) is 5.75 Å². The van der Waals surface area contributed by atoms with Crippen LogP contribution in [0.3, 0.4) is 0 Å². The predicted octanol–water partition coefficient (Wildman–Crippen LogP) is 6.74. The first kappa shape index (κ1) is 22.9. The summed E-state index contributed by atoms with van der Waals surface area (Å²) in [7, 11) is 1.73. The maximum atomic E-state index is 12.8. The molecular weight excluding hydrogens is 408 g/mol. The van der Waals surface area contributed by atoms with E-state index in [-0.39, 0.29) is 16.7 Å². The van der Waals surface area contributed by atoms with Crippen molar-refractivity contribution in [3.05, 3.63) is 41.5 Å². The molecule has 0 heterocycles. The molecule has 0 aromatic heterocycles. The molecule has 0 saturated heterocycles. The van der Waals surface area contributed by atoms with E-state index in [4.69, 9.17) is 4.74 Å². The number of carbonyl (C=O) groups is 2. The molecule has 4 aliphatic rings. The second-order valence-corrected chi connectivity index (χ2v) is 11.7. The molecule has 178 valence electrons.